The molecular weight excluding hydrogens is 428 g/mol. The van der Waals surface area contributed by atoms with Gasteiger partial charge in [0, 0.05) is 38.1 Å². The number of benzene rings is 1. The molecule has 2 heterocycles. The smallest absolute Gasteiger partial charge is 0.287 e. The predicted octanol–water partition coefficient (Wildman–Crippen LogP) is 2.72. The van der Waals surface area contributed by atoms with Gasteiger partial charge in [0.2, 0.25) is 6.29 Å². The molecule has 0 fully saturated rings. The second kappa shape index (κ2) is 12.5. The zero-order valence-electron chi connectivity index (χ0n) is 18.2. The predicted molar refractivity (Wildman–Crippen MR) is 121 cm³/mol. The number of allylic oxidation sites excluding steroid dienone is 1. The van der Waals surface area contributed by atoms with Gasteiger partial charge < -0.3 is 25.2 Å². The fraction of sp³-hybridized carbons (Fsp3) is 0.391. The molecule has 0 aliphatic carbocycles. The summed E-state index contributed by atoms with van der Waals surface area (Å²) < 4.78 is 11.6. The van der Waals surface area contributed by atoms with Gasteiger partial charge in [0.25, 0.3) is 11.6 Å². The molecule has 1 aromatic heterocycles. The highest BCUT2D eigenvalue weighted by Crippen LogP contribution is 2.31. The molecule has 3 N–H and O–H groups in total. The van der Waals surface area contributed by atoms with Crippen molar-refractivity contribution < 1.29 is 24.3 Å². The summed E-state index contributed by atoms with van der Waals surface area (Å²) in [5.41, 5.74) is 0.984. The first-order chi connectivity index (χ1) is 16.1. The maximum absolute atomic E-state index is 12.7. The average Bonchev–Trinajstić information content (AvgIpc) is 2.85. The molecule has 0 unspecified atom stereocenters. The summed E-state index contributed by atoms with van der Waals surface area (Å²) in [6.07, 6.45) is 4.37. The summed E-state index contributed by atoms with van der Waals surface area (Å²) in [5, 5.41) is 25.4. The van der Waals surface area contributed by atoms with Crippen LogP contribution >= 0.6 is 0 Å². The van der Waals surface area contributed by atoms with Crippen LogP contribution in [0.15, 0.2) is 60.5 Å². The third-order valence-corrected chi connectivity index (χ3v) is 5.04. The van der Waals surface area contributed by atoms with Crippen molar-refractivity contribution in [2.24, 2.45) is 0 Å². The molecule has 10 heteroatoms. The summed E-state index contributed by atoms with van der Waals surface area (Å²) in [6, 6.07) is 12.7. The summed E-state index contributed by atoms with van der Waals surface area (Å²) in [7, 11) is 0. The molecule has 1 amide bonds. The van der Waals surface area contributed by atoms with Crippen LogP contribution in [0, 0.1) is 10.1 Å². The Labute approximate surface area is 191 Å². The Hall–Kier alpha value is -3.50. The topological polar surface area (TPSA) is 136 Å². The molecule has 1 aliphatic rings. The van der Waals surface area contributed by atoms with Crippen molar-refractivity contribution in [1.29, 1.82) is 0 Å². The highest BCUT2D eigenvalue weighted by Gasteiger charge is 2.28. The molecule has 1 aliphatic heterocycles. The van der Waals surface area contributed by atoms with Crippen LogP contribution in [0.25, 0.3) is 0 Å². The van der Waals surface area contributed by atoms with Gasteiger partial charge in [-0.05, 0) is 30.5 Å². The average molecular weight is 456 g/mol. The van der Waals surface area contributed by atoms with Crippen molar-refractivity contribution in [1.82, 2.24) is 10.3 Å². The van der Waals surface area contributed by atoms with E-state index in [1.54, 1.807) is 0 Å². The Morgan fingerprint density at radius 1 is 1.21 bits per heavy atom. The third kappa shape index (κ3) is 7.55. The van der Waals surface area contributed by atoms with E-state index in [1.807, 2.05) is 36.4 Å². The van der Waals surface area contributed by atoms with Crippen molar-refractivity contribution in [3.8, 4) is 0 Å². The fourth-order valence-corrected chi connectivity index (χ4v) is 3.33. The number of aromatic nitrogens is 1. The van der Waals surface area contributed by atoms with Gasteiger partial charge in [-0.2, -0.15) is 0 Å². The van der Waals surface area contributed by atoms with Crippen LogP contribution in [-0.4, -0.2) is 53.5 Å². The molecule has 2 aromatic rings. The van der Waals surface area contributed by atoms with Gasteiger partial charge in [0.05, 0.1) is 11.5 Å². The number of nitrogens with one attached hydrogen (secondary N) is 2. The zero-order valence-corrected chi connectivity index (χ0v) is 18.2. The lowest BCUT2D eigenvalue weighted by atomic mass is 9.93. The molecule has 2 atom stereocenters. The third-order valence-electron chi connectivity index (χ3n) is 5.04. The summed E-state index contributed by atoms with van der Waals surface area (Å²) in [6.45, 7) is 1.23. The van der Waals surface area contributed by atoms with E-state index in [0.29, 0.717) is 44.8 Å². The van der Waals surface area contributed by atoms with Crippen LogP contribution in [0.1, 0.15) is 30.7 Å². The number of aliphatic hydroxyl groups excluding tert-OH is 1. The van der Waals surface area contributed by atoms with Crippen LogP contribution in [0.3, 0.4) is 0 Å². The molecule has 0 saturated carbocycles. The number of amides is 1. The van der Waals surface area contributed by atoms with Crippen molar-refractivity contribution in [3.63, 3.8) is 0 Å². The van der Waals surface area contributed by atoms with E-state index in [4.69, 9.17) is 14.6 Å². The molecule has 0 bridgehead atoms. The zero-order chi connectivity index (χ0) is 23.5. The minimum Gasteiger partial charge on any atom is -0.459 e. The van der Waals surface area contributed by atoms with E-state index in [9.17, 15) is 14.9 Å². The van der Waals surface area contributed by atoms with Gasteiger partial charge in [0.1, 0.15) is 12.0 Å². The van der Waals surface area contributed by atoms with E-state index in [1.165, 1.54) is 18.3 Å². The van der Waals surface area contributed by atoms with E-state index < -0.39 is 11.2 Å². The summed E-state index contributed by atoms with van der Waals surface area (Å²) >= 11 is 0. The largest absolute Gasteiger partial charge is 0.459 e. The Kier molecular flexibility index (Phi) is 9.16. The molecule has 0 radical (unpaired) electrons. The van der Waals surface area contributed by atoms with Crippen LogP contribution in [0.2, 0.25) is 0 Å². The monoisotopic (exact) mass is 456 g/mol. The lowest BCUT2D eigenvalue weighted by Gasteiger charge is -2.29. The number of ether oxygens (including phenoxy) is 2. The van der Waals surface area contributed by atoms with E-state index in [-0.39, 0.29) is 29.9 Å². The first-order valence-corrected chi connectivity index (χ1v) is 10.8. The first kappa shape index (κ1) is 24.1. The van der Waals surface area contributed by atoms with Gasteiger partial charge in [-0.25, -0.2) is 4.98 Å². The summed E-state index contributed by atoms with van der Waals surface area (Å²) in [5.74, 6) is 0.309. The number of hydrogen-bond donors (Lipinski definition) is 3. The highest BCUT2D eigenvalue weighted by molar-refractivity contribution is 5.91. The number of carbonyl (C=O) groups is 1. The maximum Gasteiger partial charge on any atom is 0.287 e. The number of nitro groups is 1. The van der Waals surface area contributed by atoms with Gasteiger partial charge in [-0.3, -0.25) is 14.9 Å². The number of nitrogens with zero attached hydrogens (tertiary/aromatic N) is 2. The fourth-order valence-electron chi connectivity index (χ4n) is 3.33. The second-order valence-electron chi connectivity index (χ2n) is 7.47. The van der Waals surface area contributed by atoms with Gasteiger partial charge >= 0.3 is 0 Å². The second-order valence-corrected chi connectivity index (χ2v) is 7.47. The van der Waals surface area contributed by atoms with E-state index in [2.05, 4.69) is 15.6 Å². The lowest BCUT2D eigenvalue weighted by molar-refractivity contribution is -0.385. The number of aliphatic hydroxyl groups is 1. The van der Waals surface area contributed by atoms with Gasteiger partial charge in [0.15, 0.2) is 5.76 Å². The number of unbranched alkanes of at least 4 members (excludes halogenated alkanes) is 1. The number of hydrogen-bond acceptors (Lipinski definition) is 8. The quantitative estimate of drug-likeness (QED) is 0.252. The number of pyridine rings is 1. The Morgan fingerprint density at radius 2 is 2.03 bits per heavy atom. The standard InChI is InChI=1S/C23H28N4O6/c28-12-4-5-13-32-22-15-18(17-6-2-1-3-7-17)14-20(33-22)23(29)25-11-10-24-21-9-8-19(16-26-21)27(30)31/h1-3,6-9,14,16,18,22,28H,4-5,10-13,15H2,(H,24,26)(H,25,29)/t18-,22+/m1/s1. The van der Waals surface area contributed by atoms with E-state index in [0.717, 1.165) is 5.56 Å². The van der Waals surface area contributed by atoms with Gasteiger partial charge in [-0.15, -0.1) is 0 Å². The minimum absolute atomic E-state index is 0.0222. The molecule has 1 aromatic carbocycles. The number of carbonyl (C=O) groups excluding carboxylic acids is 1. The van der Waals surface area contributed by atoms with Crippen LogP contribution in [0.5, 0.6) is 0 Å². The number of anilines is 1. The Balaban J connectivity index is 1.54. The number of rotatable bonds is 12. The van der Waals surface area contributed by atoms with Crippen molar-refractivity contribution in [2.75, 3.05) is 31.6 Å². The SMILES string of the molecule is O=C(NCCNc1ccc([N+](=O)[O-])cn1)C1=C[C@@H](c2ccccc2)C[C@@H](OCCCCO)O1. The first-order valence-electron chi connectivity index (χ1n) is 10.8. The van der Waals surface area contributed by atoms with Crippen molar-refractivity contribution in [2.45, 2.75) is 31.5 Å². The van der Waals surface area contributed by atoms with Crippen molar-refractivity contribution in [3.05, 3.63) is 76.2 Å². The Morgan fingerprint density at radius 3 is 2.73 bits per heavy atom. The minimum atomic E-state index is -0.554. The van der Waals surface area contributed by atoms with E-state index >= 15 is 0 Å². The molecular formula is C23H28N4O6. The highest BCUT2D eigenvalue weighted by atomic mass is 16.7. The molecule has 0 saturated heterocycles. The van der Waals surface area contributed by atoms with Crippen molar-refractivity contribution >= 4 is 17.4 Å². The summed E-state index contributed by atoms with van der Waals surface area (Å²) in [4.78, 5) is 26.9. The van der Waals surface area contributed by atoms with Crippen LogP contribution in [-0.2, 0) is 14.3 Å². The van der Waals surface area contributed by atoms with Gasteiger partial charge in [-0.1, -0.05) is 30.3 Å². The molecule has 176 valence electrons. The Bertz CT molecular complexity index is 936. The molecule has 3 rings (SSSR count). The normalized spacial score (nSPS) is 17.5. The van der Waals surface area contributed by atoms with Crippen LogP contribution < -0.4 is 10.6 Å². The lowest BCUT2D eigenvalue weighted by Crippen LogP contribution is -2.35. The van der Waals surface area contributed by atoms with Crippen LogP contribution in [0.4, 0.5) is 11.5 Å². The molecule has 10 nitrogen and oxygen atoms in total. The molecule has 33 heavy (non-hydrogen) atoms. The molecule has 0 spiro atoms. The maximum atomic E-state index is 12.7.